The molecule has 0 heterocycles. The van der Waals surface area contributed by atoms with Gasteiger partial charge in [-0.3, -0.25) is 18.7 Å². The Morgan fingerprint density at radius 2 is 1.42 bits per heavy atom. The van der Waals surface area contributed by atoms with E-state index in [2.05, 4.69) is 9.50 Å². The maximum absolute atomic E-state index is 13.4. The molecule has 200 valence electrons. The predicted molar refractivity (Wildman–Crippen MR) is 133 cm³/mol. The number of hydrogen-bond donors (Lipinski definition) is 4. The van der Waals surface area contributed by atoms with Crippen molar-refractivity contribution in [2.45, 2.75) is 9.79 Å². The summed E-state index contributed by atoms with van der Waals surface area (Å²) in [6.07, 6.45) is 0. The first kappa shape index (κ1) is 27.4. The largest absolute Gasteiger partial charge is 0.397 e. The Morgan fingerprint density at radius 3 is 2.00 bits per heavy atom. The van der Waals surface area contributed by atoms with E-state index >= 15 is 0 Å². The topological polar surface area (TPSA) is 224 Å². The predicted octanol–water partition coefficient (Wildman–Crippen LogP) is 1.63. The lowest BCUT2D eigenvalue weighted by Gasteiger charge is -2.23. The number of anilines is 3. The number of nitrogens with two attached hydrogens (primary N) is 1. The van der Waals surface area contributed by atoms with Crippen LogP contribution < -0.4 is 11.1 Å². The fourth-order valence-corrected chi connectivity index (χ4v) is 6.07. The number of ketones is 2. The van der Waals surface area contributed by atoms with Crippen LogP contribution in [-0.2, 0) is 34.5 Å². The fourth-order valence-electron chi connectivity index (χ4n) is 3.90. The molecule has 13 nitrogen and oxygen atoms in total. The summed E-state index contributed by atoms with van der Waals surface area (Å²) < 4.78 is 93.0. The standard InChI is InChI=1S/C22H18N2O11S3/c23-20-17(37(29,30)31)11-16(18-19(20)22(26)15-7-2-1-6-14(15)21(18)25)24-12-4-3-5-13(10-12)36(27,28)9-8-35-38(32,33)34/h1-7,10-11,24H,8-9,23H2,(H,29,30,31)(H,32,33,34). The first-order valence-corrected chi connectivity index (χ1v) is 14.9. The molecule has 0 atom stereocenters. The summed E-state index contributed by atoms with van der Waals surface area (Å²) in [5, 5.41) is 2.71. The molecule has 0 amide bonds. The van der Waals surface area contributed by atoms with Gasteiger partial charge < -0.3 is 11.1 Å². The third-order valence-electron chi connectivity index (χ3n) is 5.53. The smallest absolute Gasteiger partial charge is 0.397 e. The number of nitrogens with one attached hydrogen (secondary N) is 1. The van der Waals surface area contributed by atoms with Gasteiger partial charge in [-0.2, -0.15) is 16.8 Å². The minimum Gasteiger partial charge on any atom is -0.397 e. The molecule has 0 fully saturated rings. The third-order valence-corrected chi connectivity index (χ3v) is 8.57. The minimum absolute atomic E-state index is 0.0182. The summed E-state index contributed by atoms with van der Waals surface area (Å²) in [7, 11) is -13.9. The van der Waals surface area contributed by atoms with Crippen LogP contribution in [0.15, 0.2) is 64.4 Å². The average Bonchev–Trinajstić information content (AvgIpc) is 2.82. The molecule has 0 saturated heterocycles. The van der Waals surface area contributed by atoms with Crippen molar-refractivity contribution in [1.29, 1.82) is 0 Å². The first-order chi connectivity index (χ1) is 17.6. The lowest BCUT2D eigenvalue weighted by Crippen LogP contribution is -2.25. The Kier molecular flexibility index (Phi) is 6.89. The molecule has 0 aromatic heterocycles. The Morgan fingerprint density at radius 1 is 0.816 bits per heavy atom. The van der Waals surface area contributed by atoms with Gasteiger partial charge in [0.25, 0.3) is 10.1 Å². The van der Waals surface area contributed by atoms with Gasteiger partial charge in [-0.05, 0) is 24.3 Å². The quantitative estimate of drug-likeness (QED) is 0.171. The number of rotatable bonds is 8. The molecule has 3 aromatic rings. The van der Waals surface area contributed by atoms with Crippen LogP contribution in [0.4, 0.5) is 17.1 Å². The molecular formula is C22H18N2O11S3. The molecule has 4 rings (SSSR count). The van der Waals surface area contributed by atoms with Crippen LogP contribution >= 0.6 is 0 Å². The lowest BCUT2D eigenvalue weighted by molar-refractivity contribution is 0.0980. The molecular weight excluding hydrogens is 564 g/mol. The zero-order chi connectivity index (χ0) is 28.0. The van der Waals surface area contributed by atoms with Crippen LogP contribution in [-0.4, -0.2) is 58.3 Å². The molecule has 5 N–H and O–H groups in total. The SMILES string of the molecule is Nc1c(S(=O)(=O)O)cc(Nc2cccc(S(=O)(=O)CCOS(=O)(=O)O)c2)c2c1C(=O)c1ccccc1C2=O. The Bertz CT molecular complexity index is 1830. The zero-order valence-corrected chi connectivity index (χ0v) is 21.4. The van der Waals surface area contributed by atoms with Crippen LogP contribution in [0.3, 0.4) is 0 Å². The minimum atomic E-state index is -4.96. The van der Waals surface area contributed by atoms with Gasteiger partial charge in [0.2, 0.25) is 0 Å². The van der Waals surface area contributed by atoms with E-state index in [1.54, 1.807) is 0 Å². The molecule has 0 spiro atoms. The Hall–Kier alpha value is -3.67. The highest BCUT2D eigenvalue weighted by atomic mass is 32.3. The van der Waals surface area contributed by atoms with Crippen molar-refractivity contribution < 1.29 is 48.1 Å². The van der Waals surface area contributed by atoms with Gasteiger partial charge in [-0.1, -0.05) is 30.3 Å². The summed E-state index contributed by atoms with van der Waals surface area (Å²) in [5.41, 5.74) is 4.35. The summed E-state index contributed by atoms with van der Waals surface area (Å²) in [5.74, 6) is -2.24. The van der Waals surface area contributed by atoms with Crippen LogP contribution in [0.1, 0.15) is 31.8 Å². The highest BCUT2D eigenvalue weighted by Gasteiger charge is 2.36. The first-order valence-electron chi connectivity index (χ1n) is 10.4. The van der Waals surface area contributed by atoms with Gasteiger partial charge in [0.05, 0.1) is 39.8 Å². The van der Waals surface area contributed by atoms with Crippen molar-refractivity contribution >= 4 is 59.0 Å². The maximum atomic E-state index is 13.4. The Labute approximate surface area is 216 Å². The molecule has 38 heavy (non-hydrogen) atoms. The van der Waals surface area contributed by atoms with E-state index in [0.717, 1.165) is 12.1 Å². The number of carbonyl (C=O) groups is 2. The number of sulfone groups is 1. The van der Waals surface area contributed by atoms with Crippen LogP contribution in [0.2, 0.25) is 0 Å². The fraction of sp³-hybridized carbons (Fsp3) is 0.0909. The van der Waals surface area contributed by atoms with Crippen molar-refractivity contribution in [3.8, 4) is 0 Å². The highest BCUT2D eigenvalue weighted by molar-refractivity contribution is 7.91. The second-order valence-corrected chi connectivity index (χ2v) is 12.6. The summed E-state index contributed by atoms with van der Waals surface area (Å²) in [4.78, 5) is 25.4. The van der Waals surface area contributed by atoms with E-state index < -0.39 is 70.4 Å². The van der Waals surface area contributed by atoms with Crippen molar-refractivity contribution in [3.63, 3.8) is 0 Å². The lowest BCUT2D eigenvalue weighted by atomic mass is 9.82. The molecule has 16 heteroatoms. The zero-order valence-electron chi connectivity index (χ0n) is 19.0. The molecule has 0 aliphatic heterocycles. The van der Waals surface area contributed by atoms with E-state index in [1.165, 1.54) is 42.5 Å². The van der Waals surface area contributed by atoms with E-state index in [-0.39, 0.29) is 33.0 Å². The molecule has 0 radical (unpaired) electrons. The van der Waals surface area contributed by atoms with E-state index in [9.17, 15) is 39.4 Å². The summed E-state index contributed by atoms with van der Waals surface area (Å²) in [6, 6.07) is 11.6. The van der Waals surface area contributed by atoms with Gasteiger partial charge in [-0.15, -0.1) is 0 Å². The second-order valence-electron chi connectivity index (χ2n) is 7.99. The molecule has 0 bridgehead atoms. The van der Waals surface area contributed by atoms with E-state index in [1.807, 2.05) is 0 Å². The number of nitrogen functional groups attached to an aromatic ring is 1. The van der Waals surface area contributed by atoms with Crippen molar-refractivity contribution in [3.05, 3.63) is 76.9 Å². The number of carbonyl (C=O) groups excluding carboxylic acids is 2. The molecule has 3 aromatic carbocycles. The van der Waals surface area contributed by atoms with E-state index in [4.69, 9.17) is 10.3 Å². The van der Waals surface area contributed by atoms with Gasteiger partial charge in [0, 0.05) is 16.8 Å². The number of fused-ring (bicyclic) bond motifs is 2. The normalized spacial score (nSPS) is 13.6. The van der Waals surface area contributed by atoms with Crippen molar-refractivity contribution in [1.82, 2.24) is 0 Å². The van der Waals surface area contributed by atoms with Gasteiger partial charge in [0.1, 0.15) is 4.90 Å². The van der Waals surface area contributed by atoms with Crippen molar-refractivity contribution in [2.24, 2.45) is 0 Å². The molecule has 1 aliphatic rings. The Balaban J connectivity index is 1.82. The number of benzene rings is 3. The second kappa shape index (κ2) is 9.57. The maximum Gasteiger partial charge on any atom is 0.397 e. The molecule has 1 aliphatic carbocycles. The molecule has 0 unspecified atom stereocenters. The van der Waals surface area contributed by atoms with E-state index in [0.29, 0.717) is 0 Å². The number of hydrogen-bond acceptors (Lipinski definition) is 11. The van der Waals surface area contributed by atoms with Crippen LogP contribution in [0.5, 0.6) is 0 Å². The molecule has 0 saturated carbocycles. The van der Waals surface area contributed by atoms with Crippen molar-refractivity contribution in [2.75, 3.05) is 23.4 Å². The highest BCUT2D eigenvalue weighted by Crippen LogP contribution is 2.40. The monoisotopic (exact) mass is 582 g/mol. The third kappa shape index (κ3) is 5.31. The van der Waals surface area contributed by atoms with Crippen LogP contribution in [0, 0.1) is 0 Å². The summed E-state index contributed by atoms with van der Waals surface area (Å²) >= 11 is 0. The van der Waals surface area contributed by atoms with Gasteiger partial charge in [-0.25, -0.2) is 12.6 Å². The summed E-state index contributed by atoms with van der Waals surface area (Å²) in [6.45, 7) is -0.863. The van der Waals surface area contributed by atoms with Crippen LogP contribution in [0.25, 0.3) is 0 Å². The van der Waals surface area contributed by atoms with Gasteiger partial charge >= 0.3 is 10.4 Å². The average molecular weight is 583 g/mol. The van der Waals surface area contributed by atoms with Gasteiger partial charge in [0.15, 0.2) is 21.4 Å².